The summed E-state index contributed by atoms with van der Waals surface area (Å²) in [5.41, 5.74) is 2.31. The van der Waals surface area contributed by atoms with Gasteiger partial charge in [0.05, 0.1) is 12.7 Å². The number of carbonyl (C=O) groups is 1. The predicted octanol–water partition coefficient (Wildman–Crippen LogP) is 3.53. The average Bonchev–Trinajstić information content (AvgIpc) is 3.19. The zero-order valence-electron chi connectivity index (χ0n) is 17.9. The largest absolute Gasteiger partial charge is 0.497 e. The van der Waals surface area contributed by atoms with Crippen LogP contribution in [0.3, 0.4) is 0 Å². The molecule has 0 radical (unpaired) electrons. The Morgan fingerprint density at radius 2 is 1.68 bits per heavy atom. The lowest BCUT2D eigenvalue weighted by Crippen LogP contribution is -2.48. The fourth-order valence-electron chi connectivity index (χ4n) is 3.66. The molecule has 31 heavy (non-hydrogen) atoms. The molecular formula is C24H27N3O4. The van der Waals surface area contributed by atoms with Crippen molar-refractivity contribution in [3.63, 3.8) is 0 Å². The van der Waals surface area contributed by atoms with Gasteiger partial charge in [-0.3, -0.25) is 9.69 Å². The Labute approximate surface area is 182 Å². The first-order chi connectivity index (χ1) is 15.1. The second-order valence-electron chi connectivity index (χ2n) is 7.58. The van der Waals surface area contributed by atoms with Crippen molar-refractivity contribution in [1.29, 1.82) is 0 Å². The van der Waals surface area contributed by atoms with Crippen LogP contribution in [0.5, 0.6) is 11.5 Å². The van der Waals surface area contributed by atoms with Crippen LogP contribution in [-0.4, -0.2) is 54.2 Å². The Hall–Kier alpha value is -3.32. The standard InChI is InChI=1S/C24H27N3O4/c1-18-22(17-30-21-10-8-20(29-2)9-11-21)23(25-31-18)24(28)27-14-12-26(13-15-27)16-19-6-4-3-5-7-19/h3-11H,12-17H2,1-2H3. The summed E-state index contributed by atoms with van der Waals surface area (Å²) in [5, 5.41) is 4.04. The normalized spacial score (nSPS) is 14.5. The Morgan fingerprint density at radius 3 is 2.35 bits per heavy atom. The Kier molecular flexibility index (Phi) is 6.52. The molecular weight excluding hydrogens is 394 g/mol. The van der Waals surface area contributed by atoms with Crippen LogP contribution in [-0.2, 0) is 13.2 Å². The number of carbonyl (C=O) groups excluding carboxylic acids is 1. The molecule has 1 aliphatic heterocycles. The lowest BCUT2D eigenvalue weighted by atomic mass is 10.1. The van der Waals surface area contributed by atoms with E-state index in [9.17, 15) is 4.79 Å². The lowest BCUT2D eigenvalue weighted by molar-refractivity contribution is 0.0616. The molecule has 0 atom stereocenters. The third kappa shape index (κ3) is 5.06. The van der Waals surface area contributed by atoms with E-state index < -0.39 is 0 Å². The summed E-state index contributed by atoms with van der Waals surface area (Å²) in [5.74, 6) is 1.94. The van der Waals surface area contributed by atoms with E-state index in [2.05, 4.69) is 34.3 Å². The zero-order valence-corrected chi connectivity index (χ0v) is 17.9. The number of aryl methyl sites for hydroxylation is 1. The summed E-state index contributed by atoms with van der Waals surface area (Å²) in [4.78, 5) is 17.3. The van der Waals surface area contributed by atoms with Gasteiger partial charge in [-0.1, -0.05) is 35.5 Å². The van der Waals surface area contributed by atoms with Crippen LogP contribution in [0.2, 0.25) is 0 Å². The Balaban J connectivity index is 1.35. The Morgan fingerprint density at radius 1 is 1.00 bits per heavy atom. The molecule has 2 aromatic carbocycles. The van der Waals surface area contributed by atoms with E-state index >= 15 is 0 Å². The molecule has 1 aliphatic rings. The van der Waals surface area contributed by atoms with E-state index in [1.54, 1.807) is 14.0 Å². The number of ether oxygens (including phenoxy) is 2. The molecule has 0 spiro atoms. The number of amides is 1. The van der Waals surface area contributed by atoms with E-state index in [4.69, 9.17) is 14.0 Å². The highest BCUT2D eigenvalue weighted by molar-refractivity contribution is 5.93. The number of hydrogen-bond acceptors (Lipinski definition) is 6. The molecule has 162 valence electrons. The minimum atomic E-state index is -0.107. The van der Waals surface area contributed by atoms with Gasteiger partial charge in [0.15, 0.2) is 5.69 Å². The first-order valence-corrected chi connectivity index (χ1v) is 10.4. The number of benzene rings is 2. The highest BCUT2D eigenvalue weighted by Gasteiger charge is 2.28. The second-order valence-corrected chi connectivity index (χ2v) is 7.58. The summed E-state index contributed by atoms with van der Waals surface area (Å²) in [6.45, 7) is 5.90. The third-order valence-electron chi connectivity index (χ3n) is 5.54. The molecule has 4 rings (SSSR count). The molecule has 7 nitrogen and oxygen atoms in total. The smallest absolute Gasteiger partial charge is 0.276 e. The maximum Gasteiger partial charge on any atom is 0.276 e. The number of hydrogen-bond donors (Lipinski definition) is 0. The number of methoxy groups -OCH3 is 1. The number of nitrogens with zero attached hydrogens (tertiary/aromatic N) is 3. The van der Waals surface area contributed by atoms with E-state index in [0.717, 1.165) is 25.4 Å². The average molecular weight is 421 g/mol. The van der Waals surface area contributed by atoms with Crippen molar-refractivity contribution in [1.82, 2.24) is 15.0 Å². The van der Waals surface area contributed by atoms with Crippen LogP contribution in [0.15, 0.2) is 59.1 Å². The van der Waals surface area contributed by atoms with Gasteiger partial charge in [-0.05, 0) is 36.8 Å². The van der Waals surface area contributed by atoms with Crippen molar-refractivity contribution in [2.75, 3.05) is 33.3 Å². The van der Waals surface area contributed by atoms with Gasteiger partial charge < -0.3 is 18.9 Å². The van der Waals surface area contributed by atoms with Crippen molar-refractivity contribution in [3.05, 3.63) is 77.2 Å². The minimum Gasteiger partial charge on any atom is -0.497 e. The van der Waals surface area contributed by atoms with Crippen LogP contribution >= 0.6 is 0 Å². The molecule has 0 unspecified atom stereocenters. The monoisotopic (exact) mass is 421 g/mol. The van der Waals surface area contributed by atoms with Crippen LogP contribution < -0.4 is 9.47 Å². The fraction of sp³-hybridized carbons (Fsp3) is 0.333. The Bertz CT molecular complexity index is 993. The van der Waals surface area contributed by atoms with Crippen molar-refractivity contribution in [2.45, 2.75) is 20.1 Å². The number of rotatable bonds is 7. The number of aromatic nitrogens is 1. The molecule has 3 aromatic rings. The maximum absolute atomic E-state index is 13.1. The molecule has 1 amide bonds. The van der Waals surface area contributed by atoms with Gasteiger partial charge in [-0.25, -0.2) is 0 Å². The van der Waals surface area contributed by atoms with Gasteiger partial charge in [-0.2, -0.15) is 0 Å². The van der Waals surface area contributed by atoms with E-state index in [1.807, 2.05) is 35.2 Å². The molecule has 2 heterocycles. The van der Waals surface area contributed by atoms with Crippen LogP contribution in [0, 0.1) is 6.92 Å². The van der Waals surface area contributed by atoms with E-state index in [0.29, 0.717) is 35.9 Å². The van der Waals surface area contributed by atoms with Crippen molar-refractivity contribution in [2.24, 2.45) is 0 Å². The molecule has 0 N–H and O–H groups in total. The van der Waals surface area contributed by atoms with Gasteiger partial charge in [0.1, 0.15) is 23.9 Å². The van der Waals surface area contributed by atoms with Gasteiger partial charge in [0.25, 0.3) is 5.91 Å². The minimum absolute atomic E-state index is 0.107. The third-order valence-corrected chi connectivity index (χ3v) is 5.54. The molecule has 1 fully saturated rings. The van der Waals surface area contributed by atoms with E-state index in [-0.39, 0.29) is 12.5 Å². The predicted molar refractivity (Wildman–Crippen MR) is 116 cm³/mol. The van der Waals surface area contributed by atoms with Crippen molar-refractivity contribution in [3.8, 4) is 11.5 Å². The van der Waals surface area contributed by atoms with Gasteiger partial charge >= 0.3 is 0 Å². The van der Waals surface area contributed by atoms with Crippen molar-refractivity contribution < 1.29 is 18.8 Å². The summed E-state index contributed by atoms with van der Waals surface area (Å²) in [7, 11) is 1.62. The summed E-state index contributed by atoms with van der Waals surface area (Å²) in [6.07, 6.45) is 0. The molecule has 7 heteroatoms. The summed E-state index contributed by atoms with van der Waals surface area (Å²) < 4.78 is 16.3. The van der Waals surface area contributed by atoms with Crippen LogP contribution in [0.1, 0.15) is 27.4 Å². The summed E-state index contributed by atoms with van der Waals surface area (Å²) in [6, 6.07) is 17.7. The number of piperazine rings is 1. The quantitative estimate of drug-likeness (QED) is 0.581. The molecule has 1 saturated heterocycles. The first kappa shape index (κ1) is 20.9. The SMILES string of the molecule is COc1ccc(OCc2c(C(=O)N3CCN(Cc4ccccc4)CC3)noc2C)cc1. The molecule has 0 aliphatic carbocycles. The summed E-state index contributed by atoms with van der Waals surface area (Å²) >= 11 is 0. The lowest BCUT2D eigenvalue weighted by Gasteiger charge is -2.34. The molecule has 0 saturated carbocycles. The van der Waals surface area contributed by atoms with Crippen LogP contribution in [0.4, 0.5) is 0 Å². The van der Waals surface area contributed by atoms with Gasteiger partial charge in [0.2, 0.25) is 0 Å². The van der Waals surface area contributed by atoms with Crippen molar-refractivity contribution >= 4 is 5.91 Å². The van der Waals surface area contributed by atoms with Gasteiger partial charge in [0, 0.05) is 32.7 Å². The second kappa shape index (κ2) is 9.66. The van der Waals surface area contributed by atoms with E-state index in [1.165, 1.54) is 5.56 Å². The topological polar surface area (TPSA) is 68.0 Å². The maximum atomic E-state index is 13.1. The molecule has 1 aromatic heterocycles. The molecule has 0 bridgehead atoms. The highest BCUT2D eigenvalue weighted by atomic mass is 16.5. The highest BCUT2D eigenvalue weighted by Crippen LogP contribution is 2.22. The van der Waals surface area contributed by atoms with Crippen LogP contribution in [0.25, 0.3) is 0 Å². The van der Waals surface area contributed by atoms with Gasteiger partial charge in [-0.15, -0.1) is 0 Å². The first-order valence-electron chi connectivity index (χ1n) is 10.4. The zero-order chi connectivity index (χ0) is 21.6. The fourth-order valence-corrected chi connectivity index (χ4v) is 3.66.